The molecule has 1 N–H and O–H groups in total. The summed E-state index contributed by atoms with van der Waals surface area (Å²) in [4.78, 5) is 33.4. The molecule has 1 atom stereocenters. The highest BCUT2D eigenvalue weighted by Gasteiger charge is 2.29. The summed E-state index contributed by atoms with van der Waals surface area (Å²) in [5, 5.41) is 5.62. The van der Waals surface area contributed by atoms with Gasteiger partial charge in [0.1, 0.15) is 4.70 Å². The molecule has 34 heavy (non-hydrogen) atoms. The number of carbonyl (C=O) groups is 1. The molecule has 174 valence electrons. The van der Waals surface area contributed by atoms with E-state index in [0.717, 1.165) is 36.2 Å². The molecule has 0 aliphatic carbocycles. The van der Waals surface area contributed by atoms with Crippen LogP contribution >= 0.6 is 22.9 Å². The Bertz CT molecular complexity index is 1380. The zero-order chi connectivity index (χ0) is 23.7. The highest BCUT2D eigenvalue weighted by molar-refractivity contribution is 7.17. The first kappa shape index (κ1) is 22.6. The van der Waals surface area contributed by atoms with Gasteiger partial charge < -0.3 is 10.2 Å². The fourth-order valence-electron chi connectivity index (χ4n) is 4.35. The maximum Gasteiger partial charge on any atom is 0.277 e. The Labute approximate surface area is 206 Å². The number of amides is 1. The van der Waals surface area contributed by atoms with Crippen molar-refractivity contribution in [3.63, 3.8) is 0 Å². The number of hydrogen-bond donors (Lipinski definition) is 1. The van der Waals surface area contributed by atoms with E-state index in [1.54, 1.807) is 4.57 Å². The third kappa shape index (κ3) is 4.58. The number of thiophene rings is 1. The zero-order valence-electron chi connectivity index (χ0n) is 18.8. The van der Waals surface area contributed by atoms with Crippen LogP contribution in [0.4, 0.5) is 5.95 Å². The first-order chi connectivity index (χ1) is 16.5. The molecular weight excluding hydrogens is 468 g/mol. The summed E-state index contributed by atoms with van der Waals surface area (Å²) in [5.41, 5.74) is 3.53. The van der Waals surface area contributed by atoms with E-state index in [2.05, 4.69) is 10.2 Å². The van der Waals surface area contributed by atoms with Crippen LogP contribution < -0.4 is 15.8 Å². The molecule has 0 saturated carbocycles. The van der Waals surface area contributed by atoms with Crippen LogP contribution in [0.2, 0.25) is 5.02 Å². The number of nitrogens with zero attached hydrogens (tertiary/aromatic N) is 3. The van der Waals surface area contributed by atoms with Gasteiger partial charge in [-0.2, -0.15) is 0 Å². The van der Waals surface area contributed by atoms with Gasteiger partial charge in [-0.1, -0.05) is 41.4 Å². The highest BCUT2D eigenvalue weighted by Crippen LogP contribution is 2.27. The van der Waals surface area contributed by atoms with E-state index in [1.165, 1.54) is 11.3 Å². The molecule has 0 unspecified atom stereocenters. The topological polar surface area (TPSA) is 67.2 Å². The predicted molar refractivity (Wildman–Crippen MR) is 138 cm³/mol. The number of rotatable bonds is 5. The highest BCUT2D eigenvalue weighted by atomic mass is 35.5. The molecule has 1 amide bonds. The molecule has 1 aliphatic heterocycles. The Morgan fingerprint density at radius 3 is 2.68 bits per heavy atom. The number of fused-ring (bicyclic) bond motifs is 1. The van der Waals surface area contributed by atoms with Gasteiger partial charge in [-0.15, -0.1) is 11.3 Å². The number of carbonyl (C=O) groups excluding carboxylic acids is 1. The van der Waals surface area contributed by atoms with Gasteiger partial charge in [-0.25, -0.2) is 9.55 Å². The standard InChI is InChI=1S/C26H25ClN4O2S/c1-17-4-10-21(11-5-17)31-25(33)23-22(12-14-34-23)29-26(31)30-13-2-3-19(16-30)24(32)28-15-18-6-8-20(27)9-7-18/h4-12,14,19H,2-3,13,15-16H2,1H3,(H,28,32)/t19-/m0/s1. The summed E-state index contributed by atoms with van der Waals surface area (Å²) in [6, 6.07) is 17.2. The fourth-order valence-corrected chi connectivity index (χ4v) is 5.23. The lowest BCUT2D eigenvalue weighted by atomic mass is 9.97. The molecule has 3 heterocycles. The van der Waals surface area contributed by atoms with Crippen LogP contribution in [0.25, 0.3) is 15.9 Å². The number of halogens is 1. The average Bonchev–Trinajstić information content (AvgIpc) is 3.33. The van der Waals surface area contributed by atoms with Crippen molar-refractivity contribution in [2.24, 2.45) is 5.92 Å². The molecule has 0 radical (unpaired) electrons. The first-order valence-corrected chi connectivity index (χ1v) is 12.6. The zero-order valence-corrected chi connectivity index (χ0v) is 20.4. The van der Waals surface area contributed by atoms with Gasteiger partial charge in [0.05, 0.1) is 17.1 Å². The molecule has 6 nitrogen and oxygen atoms in total. The summed E-state index contributed by atoms with van der Waals surface area (Å²) in [7, 11) is 0. The van der Waals surface area contributed by atoms with Crippen LogP contribution in [0.15, 0.2) is 64.8 Å². The number of aryl methyl sites for hydroxylation is 1. The number of aromatic nitrogens is 2. The minimum absolute atomic E-state index is 0.0143. The molecule has 1 fully saturated rings. The molecule has 4 aromatic rings. The van der Waals surface area contributed by atoms with Crippen molar-refractivity contribution in [1.82, 2.24) is 14.9 Å². The van der Waals surface area contributed by atoms with E-state index in [1.807, 2.05) is 66.9 Å². The van der Waals surface area contributed by atoms with Crippen LogP contribution in [0, 0.1) is 12.8 Å². The molecule has 2 aromatic heterocycles. The van der Waals surface area contributed by atoms with Crippen molar-refractivity contribution in [3.8, 4) is 5.69 Å². The lowest BCUT2D eigenvalue weighted by Crippen LogP contribution is -2.45. The Balaban J connectivity index is 1.42. The number of nitrogens with one attached hydrogen (secondary N) is 1. The summed E-state index contributed by atoms with van der Waals surface area (Å²) < 4.78 is 2.32. The van der Waals surface area contributed by atoms with Crippen molar-refractivity contribution < 1.29 is 4.79 Å². The van der Waals surface area contributed by atoms with Gasteiger partial charge >= 0.3 is 0 Å². The van der Waals surface area contributed by atoms with Gasteiger partial charge in [0.15, 0.2) is 0 Å². The number of benzene rings is 2. The van der Waals surface area contributed by atoms with Crippen LogP contribution in [0.1, 0.15) is 24.0 Å². The van der Waals surface area contributed by atoms with Gasteiger partial charge in [0.25, 0.3) is 5.56 Å². The normalized spacial score (nSPS) is 16.1. The summed E-state index contributed by atoms with van der Waals surface area (Å²) in [5.74, 6) is 0.429. The number of anilines is 1. The molecular formula is C26H25ClN4O2S. The molecule has 1 saturated heterocycles. The second kappa shape index (κ2) is 9.60. The third-order valence-electron chi connectivity index (χ3n) is 6.21. The van der Waals surface area contributed by atoms with E-state index in [4.69, 9.17) is 16.6 Å². The summed E-state index contributed by atoms with van der Waals surface area (Å²) in [6.07, 6.45) is 1.66. The summed E-state index contributed by atoms with van der Waals surface area (Å²) in [6.45, 7) is 3.74. The molecule has 2 aromatic carbocycles. The Kier molecular flexibility index (Phi) is 6.39. The first-order valence-electron chi connectivity index (χ1n) is 11.3. The lowest BCUT2D eigenvalue weighted by Gasteiger charge is -2.34. The Hall–Kier alpha value is -3.16. The smallest absolute Gasteiger partial charge is 0.277 e. The van der Waals surface area contributed by atoms with Gasteiger partial charge in [0, 0.05) is 24.7 Å². The van der Waals surface area contributed by atoms with Gasteiger partial charge in [0.2, 0.25) is 11.9 Å². The van der Waals surface area contributed by atoms with Crippen molar-refractivity contribution in [2.45, 2.75) is 26.3 Å². The Morgan fingerprint density at radius 1 is 1.15 bits per heavy atom. The Morgan fingerprint density at radius 2 is 1.91 bits per heavy atom. The lowest BCUT2D eigenvalue weighted by molar-refractivity contribution is -0.125. The van der Waals surface area contributed by atoms with Crippen LogP contribution in [0.5, 0.6) is 0 Å². The second-order valence-electron chi connectivity index (χ2n) is 8.65. The van der Waals surface area contributed by atoms with Crippen molar-refractivity contribution in [1.29, 1.82) is 0 Å². The van der Waals surface area contributed by atoms with Crippen LogP contribution in [-0.4, -0.2) is 28.5 Å². The van der Waals surface area contributed by atoms with Gasteiger partial charge in [-0.3, -0.25) is 9.59 Å². The van der Waals surface area contributed by atoms with E-state index in [-0.39, 0.29) is 17.4 Å². The van der Waals surface area contributed by atoms with Crippen molar-refractivity contribution >= 4 is 45.0 Å². The third-order valence-corrected chi connectivity index (χ3v) is 7.35. The molecule has 8 heteroatoms. The largest absolute Gasteiger partial charge is 0.352 e. The molecule has 1 aliphatic rings. The van der Waals surface area contributed by atoms with E-state index < -0.39 is 0 Å². The minimum Gasteiger partial charge on any atom is -0.352 e. The van der Waals surface area contributed by atoms with Gasteiger partial charge in [-0.05, 0) is 61.0 Å². The number of piperidine rings is 1. The SMILES string of the molecule is Cc1ccc(-n2c(N3CCC[C@H](C(=O)NCc4ccc(Cl)cc4)C3)nc3ccsc3c2=O)cc1. The van der Waals surface area contributed by atoms with Crippen molar-refractivity contribution in [3.05, 3.63) is 86.5 Å². The van der Waals surface area contributed by atoms with E-state index >= 15 is 0 Å². The van der Waals surface area contributed by atoms with E-state index in [9.17, 15) is 9.59 Å². The van der Waals surface area contributed by atoms with Crippen LogP contribution in [0.3, 0.4) is 0 Å². The maximum absolute atomic E-state index is 13.5. The molecule has 0 bridgehead atoms. The fraction of sp³-hybridized carbons (Fsp3) is 0.269. The average molecular weight is 493 g/mol. The monoisotopic (exact) mass is 492 g/mol. The predicted octanol–water partition coefficient (Wildman–Crippen LogP) is 4.94. The van der Waals surface area contributed by atoms with E-state index in [0.29, 0.717) is 34.3 Å². The summed E-state index contributed by atoms with van der Waals surface area (Å²) >= 11 is 7.36. The molecule has 5 rings (SSSR count). The maximum atomic E-state index is 13.5. The quantitative estimate of drug-likeness (QED) is 0.428. The second-order valence-corrected chi connectivity index (χ2v) is 10.0. The van der Waals surface area contributed by atoms with Crippen molar-refractivity contribution in [2.75, 3.05) is 18.0 Å². The minimum atomic E-state index is -0.178. The number of hydrogen-bond acceptors (Lipinski definition) is 5. The molecule has 0 spiro atoms. The van der Waals surface area contributed by atoms with Crippen LogP contribution in [-0.2, 0) is 11.3 Å².